The van der Waals surface area contributed by atoms with Crippen molar-refractivity contribution in [2.24, 2.45) is 0 Å². The van der Waals surface area contributed by atoms with Gasteiger partial charge in [-0.25, -0.2) is 0 Å². The van der Waals surface area contributed by atoms with Gasteiger partial charge in [-0.15, -0.1) is 0 Å². The van der Waals surface area contributed by atoms with Gasteiger partial charge >= 0.3 is 0 Å². The lowest BCUT2D eigenvalue weighted by Gasteiger charge is -1.95. The van der Waals surface area contributed by atoms with Crippen molar-refractivity contribution in [3.8, 4) is 0 Å². The summed E-state index contributed by atoms with van der Waals surface area (Å²) < 4.78 is 0. The lowest BCUT2D eigenvalue weighted by atomic mass is 10.1. The van der Waals surface area contributed by atoms with Gasteiger partial charge in [0.1, 0.15) is 6.29 Å². The Hall–Kier alpha value is -0.850. The van der Waals surface area contributed by atoms with Crippen molar-refractivity contribution >= 4 is 6.29 Å². The van der Waals surface area contributed by atoms with Crippen molar-refractivity contribution < 1.29 is 4.79 Å². The first kappa shape index (κ1) is 14.2. The van der Waals surface area contributed by atoms with E-state index in [2.05, 4.69) is 31.2 Å². The molecule has 0 aromatic rings. The highest BCUT2D eigenvalue weighted by Gasteiger charge is 1.87. The standard InChI is InChI=1S/C14H24O/c1-2-3-4-5-6-7-8-9-10-11-12-13-14-15/h4-7,14H,2-3,8-13H2,1H3. The number of rotatable bonds is 10. The summed E-state index contributed by atoms with van der Waals surface area (Å²) in [5.41, 5.74) is 0. The van der Waals surface area contributed by atoms with E-state index >= 15 is 0 Å². The smallest absolute Gasteiger partial charge is 0.119 e. The summed E-state index contributed by atoms with van der Waals surface area (Å²) in [6.07, 6.45) is 18.8. The van der Waals surface area contributed by atoms with Crippen LogP contribution in [0.5, 0.6) is 0 Å². The molecule has 1 heteroatoms. The van der Waals surface area contributed by atoms with Gasteiger partial charge in [0.2, 0.25) is 0 Å². The Balaban J connectivity index is 3.12. The van der Waals surface area contributed by atoms with Crippen LogP contribution in [0.1, 0.15) is 58.3 Å². The Kier molecular flexibility index (Phi) is 12.4. The first-order valence-corrected chi connectivity index (χ1v) is 6.17. The minimum atomic E-state index is 0.732. The van der Waals surface area contributed by atoms with Crippen molar-refractivity contribution in [2.45, 2.75) is 58.3 Å². The number of carbonyl (C=O) groups excluding carboxylic acids is 1. The summed E-state index contributed by atoms with van der Waals surface area (Å²) in [5, 5.41) is 0. The molecule has 0 spiro atoms. The molecule has 0 aliphatic carbocycles. The van der Waals surface area contributed by atoms with Crippen LogP contribution in [0.4, 0.5) is 0 Å². The Morgan fingerprint density at radius 2 is 1.40 bits per heavy atom. The molecule has 0 aliphatic rings. The highest BCUT2D eigenvalue weighted by molar-refractivity contribution is 5.48. The van der Waals surface area contributed by atoms with E-state index in [9.17, 15) is 4.79 Å². The Morgan fingerprint density at radius 1 is 0.800 bits per heavy atom. The molecule has 0 atom stereocenters. The third-order valence-electron chi connectivity index (χ3n) is 2.28. The second-order valence-electron chi connectivity index (χ2n) is 3.80. The number of unbranched alkanes of at least 4 members (excludes halogenated alkanes) is 6. The summed E-state index contributed by atoms with van der Waals surface area (Å²) in [6, 6.07) is 0. The predicted molar refractivity (Wildman–Crippen MR) is 67.0 cm³/mol. The molecule has 0 aliphatic heterocycles. The van der Waals surface area contributed by atoms with Gasteiger partial charge in [0.05, 0.1) is 0 Å². The predicted octanol–water partition coefficient (Wildman–Crippen LogP) is 4.44. The average molecular weight is 208 g/mol. The van der Waals surface area contributed by atoms with Gasteiger partial charge in [-0.05, 0) is 25.7 Å². The lowest BCUT2D eigenvalue weighted by Crippen LogP contribution is -1.78. The first-order valence-electron chi connectivity index (χ1n) is 6.17. The summed E-state index contributed by atoms with van der Waals surface area (Å²) in [6.45, 7) is 2.19. The number of hydrogen-bond donors (Lipinski definition) is 0. The molecule has 0 saturated carbocycles. The number of hydrogen-bond acceptors (Lipinski definition) is 1. The molecule has 86 valence electrons. The van der Waals surface area contributed by atoms with Crippen LogP contribution < -0.4 is 0 Å². The summed E-state index contributed by atoms with van der Waals surface area (Å²) in [4.78, 5) is 10.0. The van der Waals surface area contributed by atoms with Gasteiger partial charge in [-0.3, -0.25) is 0 Å². The summed E-state index contributed by atoms with van der Waals surface area (Å²) in [5.74, 6) is 0. The first-order chi connectivity index (χ1) is 7.41. The van der Waals surface area contributed by atoms with Crippen LogP contribution in [0.15, 0.2) is 24.3 Å². The van der Waals surface area contributed by atoms with E-state index < -0.39 is 0 Å². The Morgan fingerprint density at radius 3 is 2.00 bits per heavy atom. The largest absolute Gasteiger partial charge is 0.303 e. The van der Waals surface area contributed by atoms with Gasteiger partial charge in [0.25, 0.3) is 0 Å². The van der Waals surface area contributed by atoms with Gasteiger partial charge in [0.15, 0.2) is 0 Å². The zero-order valence-corrected chi connectivity index (χ0v) is 9.95. The van der Waals surface area contributed by atoms with Crippen molar-refractivity contribution in [1.29, 1.82) is 0 Å². The molecule has 0 heterocycles. The fourth-order valence-corrected chi connectivity index (χ4v) is 1.36. The fraction of sp³-hybridized carbons (Fsp3) is 0.643. The second-order valence-corrected chi connectivity index (χ2v) is 3.80. The molecule has 0 radical (unpaired) electrons. The topological polar surface area (TPSA) is 17.1 Å². The van der Waals surface area contributed by atoms with Gasteiger partial charge < -0.3 is 4.79 Å². The average Bonchev–Trinajstić information content (AvgIpc) is 2.26. The van der Waals surface area contributed by atoms with Gasteiger partial charge in [-0.2, -0.15) is 0 Å². The van der Waals surface area contributed by atoms with Gasteiger partial charge in [0, 0.05) is 6.42 Å². The maximum Gasteiger partial charge on any atom is 0.119 e. The molecule has 0 aromatic carbocycles. The molecule has 0 rings (SSSR count). The fourth-order valence-electron chi connectivity index (χ4n) is 1.36. The van der Waals surface area contributed by atoms with Crippen molar-refractivity contribution in [3.63, 3.8) is 0 Å². The van der Waals surface area contributed by atoms with Crippen LogP contribution in [-0.4, -0.2) is 6.29 Å². The molecular formula is C14H24O. The van der Waals surface area contributed by atoms with Crippen molar-refractivity contribution in [3.05, 3.63) is 24.3 Å². The number of carbonyl (C=O) groups is 1. The zero-order valence-electron chi connectivity index (χ0n) is 9.95. The normalized spacial score (nSPS) is 11.5. The molecule has 0 unspecified atom stereocenters. The lowest BCUT2D eigenvalue weighted by molar-refractivity contribution is -0.107. The number of allylic oxidation sites excluding steroid dienone is 4. The van der Waals surface area contributed by atoms with E-state index in [0.29, 0.717) is 0 Å². The molecule has 0 bridgehead atoms. The molecular weight excluding hydrogens is 184 g/mol. The van der Waals surface area contributed by atoms with Crippen LogP contribution in [0.2, 0.25) is 0 Å². The van der Waals surface area contributed by atoms with E-state index in [0.717, 1.165) is 25.5 Å². The van der Waals surface area contributed by atoms with Crippen molar-refractivity contribution in [1.82, 2.24) is 0 Å². The van der Waals surface area contributed by atoms with Crippen molar-refractivity contribution in [2.75, 3.05) is 0 Å². The maximum absolute atomic E-state index is 10.0. The second kappa shape index (κ2) is 13.2. The van der Waals surface area contributed by atoms with E-state index in [4.69, 9.17) is 0 Å². The molecule has 0 amide bonds. The van der Waals surface area contributed by atoms with Crippen LogP contribution >= 0.6 is 0 Å². The minimum absolute atomic E-state index is 0.732. The maximum atomic E-state index is 10.0. The van der Waals surface area contributed by atoms with Crippen LogP contribution in [0.25, 0.3) is 0 Å². The summed E-state index contributed by atoms with van der Waals surface area (Å²) in [7, 11) is 0. The third kappa shape index (κ3) is 13.2. The Bertz CT molecular complexity index is 180. The minimum Gasteiger partial charge on any atom is -0.303 e. The molecule has 0 fully saturated rings. The van der Waals surface area contributed by atoms with E-state index in [1.807, 2.05) is 0 Å². The number of aldehydes is 1. The van der Waals surface area contributed by atoms with Crippen LogP contribution in [-0.2, 0) is 4.79 Å². The van der Waals surface area contributed by atoms with Crippen LogP contribution in [0, 0.1) is 0 Å². The zero-order chi connectivity index (χ0) is 11.2. The molecule has 1 nitrogen and oxygen atoms in total. The SMILES string of the molecule is CCCC=CC=CCCCCCCC=O. The summed E-state index contributed by atoms with van der Waals surface area (Å²) >= 11 is 0. The monoisotopic (exact) mass is 208 g/mol. The highest BCUT2D eigenvalue weighted by atomic mass is 16.1. The molecule has 0 saturated heterocycles. The van der Waals surface area contributed by atoms with E-state index in [-0.39, 0.29) is 0 Å². The highest BCUT2D eigenvalue weighted by Crippen LogP contribution is 2.04. The van der Waals surface area contributed by atoms with E-state index in [1.54, 1.807) is 0 Å². The molecule has 0 N–H and O–H groups in total. The molecule has 0 aromatic heterocycles. The quantitative estimate of drug-likeness (QED) is 0.295. The Labute approximate surface area is 94.3 Å². The van der Waals surface area contributed by atoms with Gasteiger partial charge in [-0.1, -0.05) is 50.5 Å². The van der Waals surface area contributed by atoms with E-state index in [1.165, 1.54) is 32.1 Å². The third-order valence-corrected chi connectivity index (χ3v) is 2.28. The molecule has 15 heavy (non-hydrogen) atoms. The van der Waals surface area contributed by atoms with Crippen LogP contribution in [0.3, 0.4) is 0 Å².